The first-order chi connectivity index (χ1) is 11.9. The summed E-state index contributed by atoms with van der Waals surface area (Å²) in [6, 6.07) is 3.79. The van der Waals surface area contributed by atoms with Gasteiger partial charge in [-0.15, -0.1) is 0 Å². The summed E-state index contributed by atoms with van der Waals surface area (Å²) in [7, 11) is -3.14. The van der Waals surface area contributed by atoms with Crippen LogP contribution < -0.4 is 0 Å². The Hall–Kier alpha value is -1.47. The van der Waals surface area contributed by atoms with Gasteiger partial charge in [-0.05, 0) is 51.7 Å². The topological polar surface area (TPSA) is 70.6 Å². The van der Waals surface area contributed by atoms with Crippen molar-refractivity contribution in [2.24, 2.45) is 0 Å². The van der Waals surface area contributed by atoms with E-state index in [4.69, 9.17) is 0 Å². The molecule has 0 bridgehead atoms. The molecule has 3 heterocycles. The van der Waals surface area contributed by atoms with E-state index in [2.05, 4.69) is 4.98 Å². The molecule has 0 N–H and O–H groups in total. The van der Waals surface area contributed by atoms with Crippen molar-refractivity contribution < 1.29 is 13.2 Å². The molecule has 3 rings (SSSR count). The number of piperidine rings is 1. The molecule has 1 aromatic rings. The Bertz CT molecular complexity index is 734. The molecular weight excluding hydrogens is 338 g/mol. The zero-order valence-corrected chi connectivity index (χ0v) is 15.9. The molecule has 2 aliphatic rings. The van der Waals surface area contributed by atoms with E-state index >= 15 is 0 Å². The number of rotatable bonds is 4. The molecule has 0 saturated carbocycles. The largest absolute Gasteiger partial charge is 0.339 e. The fraction of sp³-hybridized carbons (Fsp3) is 0.667. The smallest absolute Gasteiger partial charge is 0.255 e. The number of aromatic nitrogens is 1. The van der Waals surface area contributed by atoms with Crippen LogP contribution in [0.5, 0.6) is 0 Å². The Morgan fingerprint density at radius 3 is 2.40 bits per heavy atom. The van der Waals surface area contributed by atoms with E-state index in [9.17, 15) is 13.2 Å². The summed E-state index contributed by atoms with van der Waals surface area (Å²) in [4.78, 5) is 19.5. The Kier molecular flexibility index (Phi) is 5.43. The monoisotopic (exact) mass is 365 g/mol. The van der Waals surface area contributed by atoms with Crippen molar-refractivity contribution in [3.63, 3.8) is 0 Å². The second-order valence-corrected chi connectivity index (χ2v) is 9.22. The first kappa shape index (κ1) is 18.3. The van der Waals surface area contributed by atoms with Gasteiger partial charge in [0.15, 0.2) is 0 Å². The molecule has 7 heteroatoms. The molecule has 0 atom stereocenters. The molecule has 0 aromatic carbocycles. The number of carbonyl (C=O) groups is 1. The second-order valence-electron chi connectivity index (χ2n) is 6.96. The van der Waals surface area contributed by atoms with Gasteiger partial charge in [0.1, 0.15) is 0 Å². The third kappa shape index (κ3) is 3.87. The number of carbonyl (C=O) groups excluding carboxylic acids is 1. The normalized spacial score (nSPS) is 20.2. The van der Waals surface area contributed by atoms with Crippen LogP contribution in [0.3, 0.4) is 0 Å². The third-order valence-electron chi connectivity index (χ3n) is 5.29. The van der Waals surface area contributed by atoms with Crippen molar-refractivity contribution in [3.8, 4) is 0 Å². The standard InChI is InChI=1S/C18H27N3O3S/c1-3-25(23,24)21-12-8-15(9-13-21)17-16(7-6-14(2)19-17)18(22)20-10-4-5-11-20/h6-7,15H,3-5,8-13H2,1-2H3. The Labute approximate surface area is 150 Å². The Morgan fingerprint density at radius 1 is 1.16 bits per heavy atom. The fourth-order valence-corrected chi connectivity index (χ4v) is 4.88. The molecule has 138 valence electrons. The van der Waals surface area contributed by atoms with E-state index in [1.165, 1.54) is 0 Å². The predicted octanol–water partition coefficient (Wildman–Crippen LogP) is 2.16. The predicted molar refractivity (Wildman–Crippen MR) is 97.1 cm³/mol. The molecule has 1 aromatic heterocycles. The number of pyridine rings is 1. The zero-order valence-electron chi connectivity index (χ0n) is 15.1. The van der Waals surface area contributed by atoms with Crippen LogP contribution in [0.25, 0.3) is 0 Å². The summed E-state index contributed by atoms with van der Waals surface area (Å²) in [5.74, 6) is 0.354. The van der Waals surface area contributed by atoms with E-state index in [-0.39, 0.29) is 17.6 Å². The lowest BCUT2D eigenvalue weighted by Gasteiger charge is -2.31. The molecule has 25 heavy (non-hydrogen) atoms. The van der Waals surface area contributed by atoms with Gasteiger partial charge in [0, 0.05) is 37.8 Å². The highest BCUT2D eigenvalue weighted by Crippen LogP contribution is 2.31. The average Bonchev–Trinajstić information content (AvgIpc) is 3.16. The van der Waals surface area contributed by atoms with Crippen LogP contribution >= 0.6 is 0 Å². The fourth-order valence-electron chi connectivity index (χ4n) is 3.75. The summed E-state index contributed by atoms with van der Waals surface area (Å²) in [6.07, 6.45) is 3.56. The van der Waals surface area contributed by atoms with Crippen LogP contribution in [0.1, 0.15) is 60.3 Å². The van der Waals surface area contributed by atoms with Gasteiger partial charge in [-0.3, -0.25) is 9.78 Å². The maximum absolute atomic E-state index is 12.9. The molecule has 2 saturated heterocycles. The van der Waals surface area contributed by atoms with Crippen molar-refractivity contribution in [2.45, 2.75) is 45.4 Å². The van der Waals surface area contributed by atoms with Crippen molar-refractivity contribution in [2.75, 3.05) is 31.9 Å². The minimum Gasteiger partial charge on any atom is -0.339 e. The summed E-state index contributed by atoms with van der Waals surface area (Å²) < 4.78 is 25.7. The molecule has 6 nitrogen and oxygen atoms in total. The van der Waals surface area contributed by atoms with Gasteiger partial charge in [-0.2, -0.15) is 0 Å². The molecule has 2 fully saturated rings. The summed E-state index contributed by atoms with van der Waals surface area (Å²) in [5, 5.41) is 0. The average molecular weight is 365 g/mol. The van der Waals surface area contributed by atoms with Gasteiger partial charge in [0.25, 0.3) is 5.91 Å². The lowest BCUT2D eigenvalue weighted by atomic mass is 9.90. The van der Waals surface area contributed by atoms with E-state index in [0.717, 1.165) is 50.2 Å². The van der Waals surface area contributed by atoms with Crippen molar-refractivity contribution in [1.29, 1.82) is 0 Å². The van der Waals surface area contributed by atoms with E-state index < -0.39 is 10.0 Å². The van der Waals surface area contributed by atoms with E-state index in [1.807, 2.05) is 24.0 Å². The molecular formula is C18H27N3O3S. The van der Waals surface area contributed by atoms with Crippen LogP contribution in [0, 0.1) is 6.92 Å². The Balaban J connectivity index is 1.80. The number of amides is 1. The maximum Gasteiger partial charge on any atom is 0.255 e. The number of sulfonamides is 1. The lowest BCUT2D eigenvalue weighted by Crippen LogP contribution is -2.39. The number of nitrogens with zero attached hydrogens (tertiary/aromatic N) is 3. The van der Waals surface area contributed by atoms with Crippen LogP contribution in [0.15, 0.2) is 12.1 Å². The van der Waals surface area contributed by atoms with Crippen molar-refractivity contribution >= 4 is 15.9 Å². The van der Waals surface area contributed by atoms with Gasteiger partial charge in [0.2, 0.25) is 10.0 Å². The number of likely N-dealkylation sites (tertiary alicyclic amines) is 1. The van der Waals surface area contributed by atoms with Crippen molar-refractivity contribution in [3.05, 3.63) is 29.1 Å². The molecule has 0 radical (unpaired) electrons. The first-order valence-corrected chi connectivity index (χ1v) is 10.8. The second kappa shape index (κ2) is 7.41. The SMILES string of the molecule is CCS(=O)(=O)N1CCC(c2nc(C)ccc2C(=O)N2CCCC2)CC1. The highest BCUT2D eigenvalue weighted by molar-refractivity contribution is 7.89. The van der Waals surface area contributed by atoms with Crippen LogP contribution in [-0.4, -0.2) is 60.4 Å². The number of aryl methyl sites for hydroxylation is 1. The summed E-state index contributed by atoms with van der Waals surface area (Å²) >= 11 is 0. The quantitative estimate of drug-likeness (QED) is 0.820. The zero-order chi connectivity index (χ0) is 18.0. The minimum absolute atomic E-state index is 0.0728. The van der Waals surface area contributed by atoms with Crippen molar-refractivity contribution in [1.82, 2.24) is 14.2 Å². The summed E-state index contributed by atoms with van der Waals surface area (Å²) in [5.41, 5.74) is 2.45. The highest BCUT2D eigenvalue weighted by Gasteiger charge is 2.31. The summed E-state index contributed by atoms with van der Waals surface area (Å²) in [6.45, 7) is 6.26. The third-order valence-corrected chi connectivity index (χ3v) is 7.17. The molecule has 0 unspecified atom stereocenters. The lowest BCUT2D eigenvalue weighted by molar-refractivity contribution is 0.0790. The van der Waals surface area contributed by atoms with E-state index in [1.54, 1.807) is 11.2 Å². The number of hydrogen-bond donors (Lipinski definition) is 0. The highest BCUT2D eigenvalue weighted by atomic mass is 32.2. The minimum atomic E-state index is -3.14. The van der Waals surface area contributed by atoms with Gasteiger partial charge in [0.05, 0.1) is 17.0 Å². The molecule has 1 amide bonds. The first-order valence-electron chi connectivity index (χ1n) is 9.17. The Morgan fingerprint density at radius 2 is 1.80 bits per heavy atom. The van der Waals surface area contributed by atoms with Gasteiger partial charge < -0.3 is 4.90 Å². The molecule has 0 spiro atoms. The van der Waals surface area contributed by atoms with Crippen LogP contribution in [0.2, 0.25) is 0 Å². The van der Waals surface area contributed by atoms with E-state index in [0.29, 0.717) is 18.7 Å². The molecule has 2 aliphatic heterocycles. The number of hydrogen-bond acceptors (Lipinski definition) is 4. The van der Waals surface area contributed by atoms with Crippen LogP contribution in [-0.2, 0) is 10.0 Å². The van der Waals surface area contributed by atoms with Crippen LogP contribution in [0.4, 0.5) is 0 Å². The van der Waals surface area contributed by atoms with Gasteiger partial charge in [-0.25, -0.2) is 12.7 Å². The van der Waals surface area contributed by atoms with Gasteiger partial charge in [-0.1, -0.05) is 0 Å². The molecule has 0 aliphatic carbocycles. The maximum atomic E-state index is 12.9. The van der Waals surface area contributed by atoms with Gasteiger partial charge >= 0.3 is 0 Å².